The highest BCUT2D eigenvalue weighted by molar-refractivity contribution is 7.17. The van der Waals surface area contributed by atoms with Crippen LogP contribution in [0.3, 0.4) is 0 Å². The SMILES string of the molecule is COc1cc2c(cc1OC)CN(C(=O)COC(=O)c1cc3c(s1)-c1ccccc1CC3)CC2. The number of esters is 1. The molecule has 6 nitrogen and oxygen atoms in total. The van der Waals surface area contributed by atoms with Gasteiger partial charge in [0.05, 0.1) is 14.2 Å². The van der Waals surface area contributed by atoms with Crippen molar-refractivity contribution in [3.63, 3.8) is 0 Å². The van der Waals surface area contributed by atoms with Gasteiger partial charge in [0.2, 0.25) is 0 Å². The first-order chi connectivity index (χ1) is 16.1. The average Bonchev–Trinajstić information content (AvgIpc) is 3.31. The Morgan fingerprint density at radius 3 is 2.42 bits per heavy atom. The van der Waals surface area contributed by atoms with Crippen LogP contribution < -0.4 is 9.47 Å². The van der Waals surface area contributed by atoms with Crippen molar-refractivity contribution < 1.29 is 23.8 Å². The zero-order valence-corrected chi connectivity index (χ0v) is 19.5. The summed E-state index contributed by atoms with van der Waals surface area (Å²) < 4.78 is 16.2. The van der Waals surface area contributed by atoms with Crippen molar-refractivity contribution in [2.75, 3.05) is 27.4 Å². The van der Waals surface area contributed by atoms with Gasteiger partial charge in [-0.15, -0.1) is 11.3 Å². The highest BCUT2D eigenvalue weighted by Gasteiger charge is 2.25. The summed E-state index contributed by atoms with van der Waals surface area (Å²) in [5.74, 6) is 0.686. The van der Waals surface area contributed by atoms with E-state index in [1.165, 1.54) is 28.0 Å². The minimum Gasteiger partial charge on any atom is -0.493 e. The molecular weight excluding hydrogens is 438 g/mol. The smallest absolute Gasteiger partial charge is 0.348 e. The molecule has 0 saturated heterocycles. The van der Waals surface area contributed by atoms with E-state index in [0.29, 0.717) is 35.9 Å². The van der Waals surface area contributed by atoms with Gasteiger partial charge in [-0.1, -0.05) is 24.3 Å². The van der Waals surface area contributed by atoms with Gasteiger partial charge in [0.1, 0.15) is 4.88 Å². The monoisotopic (exact) mass is 463 g/mol. The van der Waals surface area contributed by atoms with Crippen molar-refractivity contribution in [1.29, 1.82) is 0 Å². The lowest BCUT2D eigenvalue weighted by molar-refractivity contribution is -0.135. The van der Waals surface area contributed by atoms with E-state index < -0.39 is 5.97 Å². The zero-order valence-electron chi connectivity index (χ0n) is 18.7. The standard InChI is InChI=1S/C26H25NO5S/c1-30-21-11-17-9-10-27(14-19(17)12-22(21)31-2)24(28)15-32-26(29)23-13-18-8-7-16-5-3-4-6-20(16)25(18)33-23/h3-6,11-13H,7-10,14-15H2,1-2H3. The lowest BCUT2D eigenvalue weighted by Crippen LogP contribution is -2.38. The summed E-state index contributed by atoms with van der Waals surface area (Å²) in [6.45, 7) is 0.764. The van der Waals surface area contributed by atoms with Crippen LogP contribution in [0.2, 0.25) is 0 Å². The van der Waals surface area contributed by atoms with Gasteiger partial charge in [-0.3, -0.25) is 4.79 Å². The van der Waals surface area contributed by atoms with Gasteiger partial charge in [0.25, 0.3) is 5.91 Å². The van der Waals surface area contributed by atoms with E-state index >= 15 is 0 Å². The minimum absolute atomic E-state index is 0.199. The molecule has 0 spiro atoms. The van der Waals surface area contributed by atoms with Crippen molar-refractivity contribution in [3.8, 4) is 21.9 Å². The first-order valence-electron chi connectivity index (χ1n) is 11.0. The molecule has 1 amide bonds. The van der Waals surface area contributed by atoms with Gasteiger partial charge in [-0.2, -0.15) is 0 Å². The Kier molecular flexibility index (Phi) is 5.81. The van der Waals surface area contributed by atoms with Gasteiger partial charge in [-0.25, -0.2) is 4.79 Å². The molecular formula is C26H25NO5S. The summed E-state index contributed by atoms with van der Waals surface area (Å²) in [4.78, 5) is 28.9. The Hall–Kier alpha value is -3.32. The molecule has 5 rings (SSSR count). The summed E-state index contributed by atoms with van der Waals surface area (Å²) >= 11 is 1.45. The van der Waals surface area contributed by atoms with Gasteiger partial charge >= 0.3 is 5.97 Å². The summed E-state index contributed by atoms with van der Waals surface area (Å²) in [7, 11) is 3.20. The summed E-state index contributed by atoms with van der Waals surface area (Å²) in [5, 5.41) is 0. The van der Waals surface area contributed by atoms with Crippen molar-refractivity contribution in [1.82, 2.24) is 4.90 Å². The number of rotatable bonds is 5. The number of amides is 1. The van der Waals surface area contributed by atoms with Crippen LogP contribution in [-0.4, -0.2) is 44.1 Å². The third-order valence-electron chi connectivity index (χ3n) is 6.33. The second kappa shape index (κ2) is 8.90. The second-order valence-electron chi connectivity index (χ2n) is 8.24. The molecule has 2 aromatic carbocycles. The van der Waals surface area contributed by atoms with Crippen molar-refractivity contribution in [3.05, 3.63) is 69.6 Å². The highest BCUT2D eigenvalue weighted by atomic mass is 32.1. The third-order valence-corrected chi connectivity index (χ3v) is 7.52. The number of nitrogens with zero attached hydrogens (tertiary/aromatic N) is 1. The molecule has 1 aromatic heterocycles. The molecule has 0 unspecified atom stereocenters. The molecule has 0 atom stereocenters. The summed E-state index contributed by atoms with van der Waals surface area (Å²) in [6.07, 6.45) is 2.60. The number of aryl methyl sites for hydroxylation is 2. The van der Waals surface area contributed by atoms with E-state index in [1.807, 2.05) is 30.3 Å². The molecule has 0 saturated carbocycles. The molecule has 0 bridgehead atoms. The third kappa shape index (κ3) is 4.09. The van der Waals surface area contributed by atoms with E-state index in [2.05, 4.69) is 12.1 Å². The van der Waals surface area contributed by atoms with E-state index in [-0.39, 0.29) is 12.5 Å². The number of ether oxygens (including phenoxy) is 3. The Labute approximate surface area is 196 Å². The molecule has 0 fully saturated rings. The number of fused-ring (bicyclic) bond motifs is 4. The maximum atomic E-state index is 12.8. The summed E-state index contributed by atoms with van der Waals surface area (Å²) in [5.41, 5.74) is 5.83. The van der Waals surface area contributed by atoms with E-state index in [4.69, 9.17) is 14.2 Å². The Morgan fingerprint density at radius 2 is 1.64 bits per heavy atom. The van der Waals surface area contributed by atoms with Crippen LogP contribution in [0.25, 0.3) is 10.4 Å². The van der Waals surface area contributed by atoms with Gasteiger partial charge in [-0.05, 0) is 65.3 Å². The molecule has 7 heteroatoms. The molecule has 33 heavy (non-hydrogen) atoms. The van der Waals surface area contributed by atoms with Crippen LogP contribution in [0, 0.1) is 0 Å². The average molecular weight is 464 g/mol. The quantitative estimate of drug-likeness (QED) is 0.529. The molecule has 0 radical (unpaired) electrons. The molecule has 2 aliphatic rings. The predicted molar refractivity (Wildman–Crippen MR) is 126 cm³/mol. The Bertz CT molecular complexity index is 1230. The first kappa shape index (κ1) is 21.5. The van der Waals surface area contributed by atoms with Crippen LogP contribution in [0.4, 0.5) is 0 Å². The molecule has 0 N–H and O–H groups in total. The molecule has 1 aliphatic carbocycles. The molecule has 3 aromatic rings. The fourth-order valence-corrected chi connectivity index (χ4v) is 5.72. The predicted octanol–water partition coefficient (Wildman–Crippen LogP) is 4.27. The van der Waals surface area contributed by atoms with Crippen LogP contribution in [0.15, 0.2) is 42.5 Å². The highest BCUT2D eigenvalue weighted by Crippen LogP contribution is 2.39. The number of hydrogen-bond donors (Lipinski definition) is 0. The van der Waals surface area contributed by atoms with E-state index in [1.54, 1.807) is 19.1 Å². The number of benzene rings is 2. The van der Waals surface area contributed by atoms with Crippen LogP contribution >= 0.6 is 11.3 Å². The van der Waals surface area contributed by atoms with Crippen molar-refractivity contribution in [2.24, 2.45) is 0 Å². The Morgan fingerprint density at radius 1 is 0.909 bits per heavy atom. The number of hydrogen-bond acceptors (Lipinski definition) is 6. The minimum atomic E-state index is -0.441. The van der Waals surface area contributed by atoms with Crippen LogP contribution in [0.5, 0.6) is 11.5 Å². The van der Waals surface area contributed by atoms with E-state index in [0.717, 1.165) is 28.8 Å². The number of methoxy groups -OCH3 is 2. The summed E-state index contributed by atoms with van der Waals surface area (Å²) in [6, 6.07) is 14.1. The van der Waals surface area contributed by atoms with Crippen LogP contribution in [-0.2, 0) is 35.3 Å². The van der Waals surface area contributed by atoms with Crippen molar-refractivity contribution in [2.45, 2.75) is 25.8 Å². The van der Waals surface area contributed by atoms with E-state index in [9.17, 15) is 9.59 Å². The number of thiophene rings is 1. The normalized spacial score (nSPS) is 14.1. The maximum absolute atomic E-state index is 12.8. The fraction of sp³-hybridized carbons (Fsp3) is 0.308. The maximum Gasteiger partial charge on any atom is 0.348 e. The molecule has 2 heterocycles. The lowest BCUT2D eigenvalue weighted by atomic mass is 9.91. The lowest BCUT2D eigenvalue weighted by Gasteiger charge is -2.29. The largest absolute Gasteiger partial charge is 0.493 e. The molecule has 1 aliphatic heterocycles. The van der Waals surface area contributed by atoms with Crippen molar-refractivity contribution >= 4 is 23.2 Å². The zero-order chi connectivity index (χ0) is 22.9. The van der Waals surface area contributed by atoms with Gasteiger partial charge in [0, 0.05) is 18.0 Å². The Balaban J connectivity index is 1.24. The second-order valence-corrected chi connectivity index (χ2v) is 9.29. The molecule has 170 valence electrons. The van der Waals surface area contributed by atoms with Crippen LogP contribution in [0.1, 0.15) is 31.9 Å². The topological polar surface area (TPSA) is 65.1 Å². The first-order valence-corrected chi connectivity index (χ1v) is 11.8. The van der Waals surface area contributed by atoms with Gasteiger partial charge < -0.3 is 19.1 Å². The fourth-order valence-electron chi connectivity index (χ4n) is 4.56. The number of carbonyl (C=O) groups is 2. The van der Waals surface area contributed by atoms with Gasteiger partial charge in [0.15, 0.2) is 18.1 Å². The number of carbonyl (C=O) groups excluding carboxylic acids is 2.